The van der Waals surface area contributed by atoms with Gasteiger partial charge in [-0.15, -0.1) is 12.4 Å². The summed E-state index contributed by atoms with van der Waals surface area (Å²) in [7, 11) is 1.55. The summed E-state index contributed by atoms with van der Waals surface area (Å²) in [5.74, 6) is 0.480. The molecule has 0 aromatic rings. The maximum absolute atomic E-state index is 11.5. The molecule has 2 amide bonds. The second kappa shape index (κ2) is 4.81. The molecule has 5 nitrogen and oxygen atoms in total. The molecule has 1 aliphatic heterocycles. The van der Waals surface area contributed by atoms with E-state index in [1.807, 2.05) is 0 Å². The summed E-state index contributed by atoms with van der Waals surface area (Å²) in [6.45, 7) is 0.0723. The highest BCUT2D eigenvalue weighted by molar-refractivity contribution is 5.87. The predicted octanol–water partition coefficient (Wildman–Crippen LogP) is -0.979. The maximum Gasteiger partial charge on any atom is 0.239 e. The van der Waals surface area contributed by atoms with Crippen LogP contribution in [0.4, 0.5) is 0 Å². The van der Waals surface area contributed by atoms with Crippen LogP contribution in [0.5, 0.6) is 0 Å². The van der Waals surface area contributed by atoms with Crippen molar-refractivity contribution in [1.82, 2.24) is 16.0 Å². The standard InChI is InChI=1S/C9H15N3O2.ClH/c1-10-8(13)4-11-9(14)7-3-5-2-6(5)12-7;/h5-7,12H,2-4H2,1H3,(H,10,13)(H,11,14);1H/t5-,6-,7-;/m0./s1. The average molecular weight is 234 g/mol. The number of hydrogen-bond donors (Lipinski definition) is 3. The molecule has 86 valence electrons. The number of hydrogen-bond acceptors (Lipinski definition) is 3. The summed E-state index contributed by atoms with van der Waals surface area (Å²) in [4.78, 5) is 22.3. The van der Waals surface area contributed by atoms with Gasteiger partial charge in [-0.3, -0.25) is 9.59 Å². The largest absolute Gasteiger partial charge is 0.358 e. The Morgan fingerprint density at radius 1 is 1.40 bits per heavy atom. The summed E-state index contributed by atoms with van der Waals surface area (Å²) in [5.41, 5.74) is 0. The van der Waals surface area contributed by atoms with E-state index in [2.05, 4.69) is 16.0 Å². The van der Waals surface area contributed by atoms with E-state index in [1.54, 1.807) is 7.05 Å². The molecule has 1 saturated carbocycles. The molecule has 1 heterocycles. The first-order valence-electron chi connectivity index (χ1n) is 4.95. The third-order valence-electron chi connectivity index (χ3n) is 2.89. The summed E-state index contributed by atoms with van der Waals surface area (Å²) in [5, 5.41) is 8.28. The van der Waals surface area contributed by atoms with Gasteiger partial charge >= 0.3 is 0 Å². The summed E-state index contributed by atoms with van der Waals surface area (Å²) in [6, 6.07) is 0.481. The minimum atomic E-state index is -0.165. The van der Waals surface area contributed by atoms with Crippen LogP contribution in [-0.2, 0) is 9.59 Å². The molecule has 2 fully saturated rings. The monoisotopic (exact) mass is 233 g/mol. The summed E-state index contributed by atoms with van der Waals surface area (Å²) < 4.78 is 0. The van der Waals surface area contributed by atoms with Gasteiger partial charge in [0.2, 0.25) is 11.8 Å². The molecule has 2 rings (SSSR count). The van der Waals surface area contributed by atoms with Crippen molar-refractivity contribution in [1.29, 1.82) is 0 Å². The highest BCUT2D eigenvalue weighted by Gasteiger charge is 2.47. The Balaban J connectivity index is 0.00000112. The quantitative estimate of drug-likeness (QED) is 0.587. The molecule has 0 unspecified atom stereocenters. The van der Waals surface area contributed by atoms with E-state index in [0.29, 0.717) is 12.0 Å². The van der Waals surface area contributed by atoms with Crippen molar-refractivity contribution in [2.75, 3.05) is 13.6 Å². The predicted molar refractivity (Wildman–Crippen MR) is 57.8 cm³/mol. The van der Waals surface area contributed by atoms with Gasteiger partial charge in [0, 0.05) is 13.1 Å². The lowest BCUT2D eigenvalue weighted by molar-refractivity contribution is -0.127. The van der Waals surface area contributed by atoms with Gasteiger partial charge in [0.05, 0.1) is 12.6 Å². The van der Waals surface area contributed by atoms with Crippen molar-refractivity contribution in [3.63, 3.8) is 0 Å². The lowest BCUT2D eigenvalue weighted by Crippen LogP contribution is -2.45. The molecule has 1 saturated heterocycles. The zero-order valence-electron chi connectivity index (χ0n) is 8.58. The third kappa shape index (κ3) is 2.82. The number of fused-ring (bicyclic) bond motifs is 1. The van der Waals surface area contributed by atoms with Crippen LogP contribution in [0.1, 0.15) is 12.8 Å². The van der Waals surface area contributed by atoms with Crippen LogP contribution in [0.3, 0.4) is 0 Å². The fraction of sp³-hybridized carbons (Fsp3) is 0.778. The fourth-order valence-electron chi connectivity index (χ4n) is 1.90. The summed E-state index contributed by atoms with van der Waals surface area (Å²) in [6.07, 6.45) is 2.13. The Labute approximate surface area is 94.8 Å². The third-order valence-corrected chi connectivity index (χ3v) is 2.89. The van der Waals surface area contributed by atoms with Crippen LogP contribution in [0, 0.1) is 5.92 Å². The minimum absolute atomic E-state index is 0. The molecule has 0 aromatic heterocycles. The van der Waals surface area contributed by atoms with Crippen molar-refractivity contribution < 1.29 is 9.59 Å². The number of nitrogens with one attached hydrogen (secondary N) is 3. The second-order valence-electron chi connectivity index (χ2n) is 3.95. The van der Waals surface area contributed by atoms with Crippen LogP contribution in [0.2, 0.25) is 0 Å². The van der Waals surface area contributed by atoms with E-state index >= 15 is 0 Å². The van der Waals surface area contributed by atoms with E-state index in [0.717, 1.165) is 6.42 Å². The second-order valence-corrected chi connectivity index (χ2v) is 3.95. The normalized spacial score (nSPS) is 31.1. The number of rotatable bonds is 3. The average Bonchev–Trinajstić information content (AvgIpc) is 2.81. The first kappa shape index (κ1) is 12.3. The number of piperidine rings is 1. The molecule has 0 radical (unpaired) electrons. The summed E-state index contributed by atoms with van der Waals surface area (Å²) >= 11 is 0. The lowest BCUT2D eigenvalue weighted by Gasteiger charge is -2.12. The van der Waals surface area contributed by atoms with Crippen LogP contribution in [0.15, 0.2) is 0 Å². The van der Waals surface area contributed by atoms with Crippen molar-refractivity contribution in [2.45, 2.75) is 24.9 Å². The van der Waals surface area contributed by atoms with Crippen molar-refractivity contribution in [3.8, 4) is 0 Å². The number of carbonyl (C=O) groups excluding carboxylic acids is 2. The first-order chi connectivity index (χ1) is 6.70. The Morgan fingerprint density at radius 2 is 2.13 bits per heavy atom. The fourth-order valence-corrected chi connectivity index (χ4v) is 1.90. The molecule has 6 heteroatoms. The van der Waals surface area contributed by atoms with Crippen LogP contribution in [-0.4, -0.2) is 37.5 Å². The minimum Gasteiger partial charge on any atom is -0.358 e. The van der Waals surface area contributed by atoms with E-state index in [4.69, 9.17) is 0 Å². The SMILES string of the molecule is CNC(=O)CNC(=O)[C@@H]1C[C@@H]2C[C@@H]2N1.Cl. The molecule has 0 aromatic carbocycles. The Bertz CT molecular complexity index is 262. The highest BCUT2D eigenvalue weighted by Crippen LogP contribution is 2.40. The van der Waals surface area contributed by atoms with Gasteiger partial charge < -0.3 is 16.0 Å². The van der Waals surface area contributed by atoms with Gasteiger partial charge in [-0.1, -0.05) is 0 Å². The van der Waals surface area contributed by atoms with Gasteiger partial charge in [0.15, 0.2) is 0 Å². The van der Waals surface area contributed by atoms with E-state index in [1.165, 1.54) is 6.42 Å². The number of amides is 2. The smallest absolute Gasteiger partial charge is 0.239 e. The first-order valence-corrected chi connectivity index (χ1v) is 4.95. The molecule has 0 bridgehead atoms. The van der Waals surface area contributed by atoms with Gasteiger partial charge in [0.25, 0.3) is 0 Å². The Morgan fingerprint density at radius 3 is 2.67 bits per heavy atom. The number of carbonyl (C=O) groups is 2. The molecule has 3 atom stereocenters. The molecule has 0 spiro atoms. The molecule has 1 aliphatic carbocycles. The number of likely N-dealkylation sites (N-methyl/N-ethyl adjacent to an activating group) is 1. The highest BCUT2D eigenvalue weighted by atomic mass is 35.5. The molecule has 2 aliphatic rings. The van der Waals surface area contributed by atoms with Gasteiger partial charge in [-0.05, 0) is 18.8 Å². The maximum atomic E-state index is 11.5. The van der Waals surface area contributed by atoms with Gasteiger partial charge in [-0.2, -0.15) is 0 Å². The lowest BCUT2D eigenvalue weighted by atomic mass is 10.2. The van der Waals surface area contributed by atoms with Crippen molar-refractivity contribution in [2.24, 2.45) is 5.92 Å². The molecular formula is C9H16ClN3O2. The van der Waals surface area contributed by atoms with E-state index < -0.39 is 0 Å². The van der Waals surface area contributed by atoms with Crippen LogP contribution in [0.25, 0.3) is 0 Å². The Kier molecular flexibility index (Phi) is 3.93. The molecular weight excluding hydrogens is 218 g/mol. The zero-order valence-corrected chi connectivity index (χ0v) is 9.39. The van der Waals surface area contributed by atoms with Crippen LogP contribution >= 0.6 is 12.4 Å². The topological polar surface area (TPSA) is 70.2 Å². The van der Waals surface area contributed by atoms with E-state index in [9.17, 15) is 9.59 Å². The van der Waals surface area contributed by atoms with Gasteiger partial charge in [0.1, 0.15) is 0 Å². The van der Waals surface area contributed by atoms with Gasteiger partial charge in [-0.25, -0.2) is 0 Å². The zero-order chi connectivity index (χ0) is 10.1. The molecule has 15 heavy (non-hydrogen) atoms. The van der Waals surface area contributed by atoms with Crippen molar-refractivity contribution >= 4 is 24.2 Å². The van der Waals surface area contributed by atoms with Crippen LogP contribution < -0.4 is 16.0 Å². The molecule has 3 N–H and O–H groups in total. The van der Waals surface area contributed by atoms with Crippen molar-refractivity contribution in [3.05, 3.63) is 0 Å². The van der Waals surface area contributed by atoms with E-state index in [-0.39, 0.29) is 36.8 Å². The number of halogens is 1. The Hall–Kier alpha value is -0.810.